The van der Waals surface area contributed by atoms with Crippen LogP contribution in [0.1, 0.15) is 21.5 Å². The number of aromatic hydroxyl groups is 1. The van der Waals surface area contributed by atoms with Gasteiger partial charge in [0.15, 0.2) is 0 Å². The molecule has 5 rings (SSSR count). The summed E-state index contributed by atoms with van der Waals surface area (Å²) in [6, 6.07) is 18.7. The summed E-state index contributed by atoms with van der Waals surface area (Å²) in [6.07, 6.45) is 0.812. The van der Waals surface area contributed by atoms with Gasteiger partial charge in [0.1, 0.15) is 11.9 Å². The molecule has 4 N–H and O–H groups in total. The number of anilines is 3. The summed E-state index contributed by atoms with van der Waals surface area (Å²) in [5, 5.41) is 22.0. The minimum absolute atomic E-state index is 0.0618. The van der Waals surface area contributed by atoms with Gasteiger partial charge in [0.25, 0.3) is 5.91 Å². The number of phenols is 1. The summed E-state index contributed by atoms with van der Waals surface area (Å²) in [7, 11) is 0. The van der Waals surface area contributed by atoms with Gasteiger partial charge >= 0.3 is 6.03 Å². The summed E-state index contributed by atoms with van der Waals surface area (Å²) in [6.45, 7) is 0. The number of nitriles is 1. The highest BCUT2D eigenvalue weighted by atomic mass is 16.3. The Labute approximate surface area is 193 Å². The van der Waals surface area contributed by atoms with Crippen LogP contribution in [-0.2, 0) is 4.79 Å². The number of imide groups is 1. The van der Waals surface area contributed by atoms with Crippen molar-refractivity contribution in [1.82, 2.24) is 5.32 Å². The summed E-state index contributed by atoms with van der Waals surface area (Å²) < 4.78 is 0. The quantitative estimate of drug-likeness (QED) is 0.559. The first kappa shape index (κ1) is 20.8. The number of amides is 4. The van der Waals surface area contributed by atoms with E-state index in [1.165, 1.54) is 24.3 Å². The number of nitrogens with zero attached hydrogens (tertiary/aromatic N) is 3. The topological polar surface area (TPSA) is 140 Å². The van der Waals surface area contributed by atoms with Crippen LogP contribution in [0.5, 0.6) is 5.75 Å². The first-order valence-electron chi connectivity index (χ1n) is 10.3. The minimum Gasteiger partial charge on any atom is -0.508 e. The molecule has 3 aromatic carbocycles. The number of carbonyl (C=O) groups is 3. The second-order valence-electron chi connectivity index (χ2n) is 7.78. The lowest BCUT2D eigenvalue weighted by molar-refractivity contribution is -0.115. The van der Waals surface area contributed by atoms with E-state index in [0.29, 0.717) is 22.5 Å². The maximum Gasteiger partial charge on any atom is 0.330 e. The van der Waals surface area contributed by atoms with Crippen molar-refractivity contribution in [3.8, 4) is 11.8 Å². The number of carbonyl (C=O) groups excluding carboxylic acids is 3. The van der Waals surface area contributed by atoms with Crippen LogP contribution in [0, 0.1) is 11.3 Å². The Morgan fingerprint density at radius 1 is 1.03 bits per heavy atom. The van der Waals surface area contributed by atoms with Crippen LogP contribution in [0.2, 0.25) is 0 Å². The lowest BCUT2D eigenvalue weighted by atomic mass is 9.95. The average Bonchev–Trinajstić information content (AvgIpc) is 2.83. The van der Waals surface area contributed by atoms with E-state index < -0.39 is 24.0 Å². The van der Waals surface area contributed by atoms with Crippen molar-refractivity contribution < 1.29 is 19.5 Å². The molecule has 3 aromatic rings. The number of hydrogen-bond donors (Lipinski definition) is 3. The molecule has 1 saturated heterocycles. The van der Waals surface area contributed by atoms with E-state index in [-0.39, 0.29) is 22.6 Å². The third kappa shape index (κ3) is 3.30. The molecule has 0 saturated carbocycles. The van der Waals surface area contributed by atoms with Crippen LogP contribution in [0.25, 0.3) is 6.08 Å². The zero-order valence-electron chi connectivity index (χ0n) is 17.6. The number of urea groups is 1. The van der Waals surface area contributed by atoms with Gasteiger partial charge in [0, 0.05) is 11.3 Å². The Balaban J connectivity index is 1.65. The fraction of sp³-hybridized carbons (Fsp3) is 0.0400. The van der Waals surface area contributed by atoms with Gasteiger partial charge < -0.3 is 21.1 Å². The van der Waals surface area contributed by atoms with Gasteiger partial charge in [-0.3, -0.25) is 9.59 Å². The van der Waals surface area contributed by atoms with Crippen LogP contribution in [0.15, 0.2) is 72.3 Å². The second-order valence-corrected chi connectivity index (χ2v) is 7.78. The zero-order chi connectivity index (χ0) is 24.0. The van der Waals surface area contributed by atoms with Crippen molar-refractivity contribution in [2.75, 3.05) is 9.80 Å². The molecule has 1 unspecified atom stereocenters. The van der Waals surface area contributed by atoms with E-state index >= 15 is 0 Å². The third-order valence-corrected chi connectivity index (χ3v) is 5.71. The standard InChI is InChI=1S/C25H17N5O4/c26-13-14-4-5-15-12-20-23(29(21(15)10-14)17-6-8-19(31)9-7-17)28-25(34)30(24(20)33)18-3-1-2-16(11-18)22(27)32/h1-12,23,31H,(H2,27,32)(H,28,34). The molecule has 1 fully saturated rings. The Morgan fingerprint density at radius 3 is 2.50 bits per heavy atom. The predicted molar refractivity (Wildman–Crippen MR) is 124 cm³/mol. The highest BCUT2D eigenvalue weighted by Crippen LogP contribution is 2.41. The largest absolute Gasteiger partial charge is 0.508 e. The third-order valence-electron chi connectivity index (χ3n) is 5.71. The molecule has 2 aliphatic rings. The average molecular weight is 451 g/mol. The van der Waals surface area contributed by atoms with E-state index in [1.807, 2.05) is 0 Å². The second kappa shape index (κ2) is 7.79. The molecular formula is C25H17N5O4. The lowest BCUT2D eigenvalue weighted by Crippen LogP contribution is -2.62. The fourth-order valence-corrected chi connectivity index (χ4v) is 4.13. The maximum absolute atomic E-state index is 13.6. The molecule has 0 aromatic heterocycles. The molecule has 9 heteroatoms. The molecule has 1 atom stereocenters. The van der Waals surface area contributed by atoms with Gasteiger partial charge in [0.05, 0.1) is 28.6 Å². The maximum atomic E-state index is 13.6. The molecule has 0 radical (unpaired) electrons. The van der Waals surface area contributed by atoms with Gasteiger partial charge in [-0.05, 0) is 66.2 Å². The van der Waals surface area contributed by atoms with Gasteiger partial charge in [-0.15, -0.1) is 0 Å². The minimum atomic E-state index is -0.860. The van der Waals surface area contributed by atoms with E-state index in [9.17, 15) is 24.8 Å². The molecule has 0 bridgehead atoms. The number of nitrogens with two attached hydrogens (primary N) is 1. The number of primary amides is 1. The van der Waals surface area contributed by atoms with Gasteiger partial charge in [-0.2, -0.15) is 5.26 Å². The van der Waals surface area contributed by atoms with Crippen LogP contribution in [0.4, 0.5) is 21.9 Å². The van der Waals surface area contributed by atoms with Crippen molar-refractivity contribution in [1.29, 1.82) is 5.26 Å². The Bertz CT molecular complexity index is 1440. The van der Waals surface area contributed by atoms with Crippen LogP contribution < -0.4 is 20.9 Å². The highest BCUT2D eigenvalue weighted by molar-refractivity contribution is 6.25. The van der Waals surface area contributed by atoms with E-state index in [2.05, 4.69) is 11.4 Å². The smallest absolute Gasteiger partial charge is 0.330 e. The van der Waals surface area contributed by atoms with Crippen molar-refractivity contribution in [2.45, 2.75) is 6.17 Å². The van der Waals surface area contributed by atoms with Gasteiger partial charge in [0.2, 0.25) is 5.91 Å². The zero-order valence-corrected chi connectivity index (χ0v) is 17.6. The molecule has 34 heavy (non-hydrogen) atoms. The Hall–Kier alpha value is -5.10. The van der Waals surface area contributed by atoms with Gasteiger partial charge in [-0.1, -0.05) is 12.1 Å². The number of benzene rings is 3. The molecule has 9 nitrogen and oxygen atoms in total. The molecule has 166 valence electrons. The number of nitrogens with one attached hydrogen (secondary N) is 1. The summed E-state index contributed by atoms with van der Waals surface area (Å²) in [4.78, 5) is 41.0. The molecule has 2 heterocycles. The fourth-order valence-electron chi connectivity index (χ4n) is 4.13. The van der Waals surface area contributed by atoms with Crippen molar-refractivity contribution in [3.63, 3.8) is 0 Å². The summed E-state index contributed by atoms with van der Waals surface area (Å²) in [5.41, 5.74) is 8.32. The highest BCUT2D eigenvalue weighted by Gasteiger charge is 2.43. The SMILES string of the molecule is N#Cc1ccc2c(c1)N(c1ccc(O)cc1)C1NC(=O)N(c3cccc(C(N)=O)c3)C(=O)C1=C2. The molecule has 0 spiro atoms. The van der Waals surface area contributed by atoms with Crippen molar-refractivity contribution >= 4 is 41.0 Å². The first-order valence-corrected chi connectivity index (χ1v) is 10.3. The molecule has 4 amide bonds. The van der Waals surface area contributed by atoms with E-state index in [0.717, 1.165) is 4.90 Å². The monoisotopic (exact) mass is 451 g/mol. The number of fused-ring (bicyclic) bond motifs is 2. The van der Waals surface area contributed by atoms with Gasteiger partial charge in [-0.25, -0.2) is 9.69 Å². The Kier molecular flexibility index (Phi) is 4.76. The number of phenolic OH excluding ortho intramolecular Hbond substituents is 1. The normalized spacial score (nSPS) is 16.7. The lowest BCUT2D eigenvalue weighted by Gasteiger charge is -2.43. The van der Waals surface area contributed by atoms with Crippen molar-refractivity contribution in [2.24, 2.45) is 5.73 Å². The van der Waals surface area contributed by atoms with E-state index in [1.54, 1.807) is 53.4 Å². The van der Waals surface area contributed by atoms with Crippen LogP contribution in [-0.4, -0.2) is 29.1 Å². The van der Waals surface area contributed by atoms with Crippen LogP contribution >= 0.6 is 0 Å². The predicted octanol–water partition coefficient (Wildman–Crippen LogP) is 2.98. The summed E-state index contributed by atoms with van der Waals surface area (Å²) in [5.74, 6) is -1.18. The number of rotatable bonds is 3. The number of hydrogen-bond acceptors (Lipinski definition) is 6. The first-order chi connectivity index (χ1) is 16.4. The van der Waals surface area contributed by atoms with Crippen molar-refractivity contribution in [3.05, 3.63) is 89.0 Å². The molecule has 2 aliphatic heterocycles. The van der Waals surface area contributed by atoms with Crippen LogP contribution in [0.3, 0.4) is 0 Å². The van der Waals surface area contributed by atoms with E-state index in [4.69, 9.17) is 5.73 Å². The summed E-state index contributed by atoms with van der Waals surface area (Å²) >= 11 is 0. The molecular weight excluding hydrogens is 434 g/mol. The molecule has 0 aliphatic carbocycles. The Morgan fingerprint density at radius 2 is 1.79 bits per heavy atom.